The van der Waals surface area contributed by atoms with Gasteiger partial charge in [-0.05, 0) is 20.8 Å². The van der Waals surface area contributed by atoms with Crippen LogP contribution in [0.15, 0.2) is 24.7 Å². The molecule has 0 atom stereocenters. The Balaban J connectivity index is 1.47. The lowest BCUT2D eigenvalue weighted by Crippen LogP contribution is -2.34. The number of rotatable bonds is 12. The largest absolute Gasteiger partial charge is 0.475 e. The number of ether oxygens (including phenoxy) is 1. The van der Waals surface area contributed by atoms with E-state index in [2.05, 4.69) is 36.6 Å². The average molecular weight is 629 g/mol. The van der Waals surface area contributed by atoms with Gasteiger partial charge in [0.1, 0.15) is 11.4 Å². The van der Waals surface area contributed by atoms with Crippen LogP contribution in [0.25, 0.3) is 0 Å². The number of aromatic carboxylic acids is 1. The van der Waals surface area contributed by atoms with Gasteiger partial charge in [0.2, 0.25) is 29.4 Å². The lowest BCUT2D eigenvalue weighted by Gasteiger charge is -2.19. The number of nitrogens with zero attached hydrogens (tertiary/aromatic N) is 5. The number of aryl methyl sites for hydroxylation is 3. The fraction of sp³-hybridized carbons (Fsp3) is 0.407. The van der Waals surface area contributed by atoms with Gasteiger partial charge < -0.3 is 50.1 Å². The van der Waals surface area contributed by atoms with Crippen LogP contribution in [0.2, 0.25) is 0 Å². The molecule has 18 heteroatoms. The summed E-state index contributed by atoms with van der Waals surface area (Å²) in [5.74, 6) is -2.95. The molecule has 3 aromatic heterocycles. The van der Waals surface area contributed by atoms with E-state index in [1.54, 1.807) is 45.6 Å². The van der Waals surface area contributed by atoms with E-state index in [9.17, 15) is 28.8 Å². The molecule has 0 aromatic carbocycles. The first kappa shape index (κ1) is 33.8. The standard InChI is InChI=1S/C27H36N10O8/c1-27(2,3)45-26(44)28-10-9-21(40)31-16-13-36(5)22(32-16)24(41)29-15-11-18(35(4)12-15)34-20(39)8-7-19(38)30-17-14-37(6)23(33-17)25(42)43/h11-14H,7-10H2,1-6H3,(H,28,44)(H,29,41)(H,30,38)(H,31,40)(H,34,39)(H,42,43). The number of carboxylic acids is 1. The molecule has 0 saturated carbocycles. The molecule has 0 fully saturated rings. The number of carbonyl (C=O) groups excluding carboxylic acids is 5. The quantitative estimate of drug-likeness (QED) is 0.170. The highest BCUT2D eigenvalue weighted by atomic mass is 16.6. The number of amides is 5. The molecule has 0 spiro atoms. The average Bonchev–Trinajstić information content (AvgIpc) is 3.57. The first-order valence-electron chi connectivity index (χ1n) is 13.6. The normalized spacial score (nSPS) is 11.0. The highest BCUT2D eigenvalue weighted by molar-refractivity contribution is 6.03. The third kappa shape index (κ3) is 10.2. The molecule has 5 amide bonds. The summed E-state index contributed by atoms with van der Waals surface area (Å²) in [5, 5.41) is 21.9. The molecular weight excluding hydrogens is 592 g/mol. The van der Waals surface area contributed by atoms with Crippen LogP contribution in [-0.4, -0.2) is 76.6 Å². The molecule has 0 bridgehead atoms. The minimum Gasteiger partial charge on any atom is -0.475 e. The van der Waals surface area contributed by atoms with Gasteiger partial charge in [-0.3, -0.25) is 19.2 Å². The molecule has 18 nitrogen and oxygen atoms in total. The SMILES string of the molecule is Cn1cc(NC(=O)c2nc(NC(=O)CCNC(=O)OC(C)(C)C)cn2C)cc1NC(=O)CCC(=O)Nc1cn(C)c(C(=O)O)n1. The van der Waals surface area contributed by atoms with E-state index in [0.29, 0.717) is 11.5 Å². The monoisotopic (exact) mass is 628 g/mol. The molecular formula is C27H36N10O8. The third-order valence-electron chi connectivity index (χ3n) is 5.81. The summed E-state index contributed by atoms with van der Waals surface area (Å²) in [5.41, 5.74) is -0.311. The lowest BCUT2D eigenvalue weighted by atomic mass is 10.2. The van der Waals surface area contributed by atoms with Gasteiger partial charge in [0.25, 0.3) is 5.91 Å². The van der Waals surface area contributed by atoms with E-state index >= 15 is 0 Å². The van der Waals surface area contributed by atoms with Crippen molar-refractivity contribution in [2.45, 2.75) is 45.6 Å². The van der Waals surface area contributed by atoms with Crippen molar-refractivity contribution in [3.63, 3.8) is 0 Å². The van der Waals surface area contributed by atoms with Crippen LogP contribution in [0, 0.1) is 0 Å². The number of carboxylic acid groups (broad SMARTS) is 1. The van der Waals surface area contributed by atoms with Crippen LogP contribution in [-0.2, 0) is 40.3 Å². The molecule has 0 aliphatic carbocycles. The minimum absolute atomic E-state index is 0.000937. The maximum absolute atomic E-state index is 12.9. The number of aromatic nitrogens is 5. The van der Waals surface area contributed by atoms with E-state index in [1.807, 2.05) is 0 Å². The summed E-state index contributed by atoms with van der Waals surface area (Å²) in [6.07, 6.45) is 3.33. The third-order valence-corrected chi connectivity index (χ3v) is 5.81. The molecule has 0 unspecified atom stereocenters. The second-order valence-electron chi connectivity index (χ2n) is 10.9. The molecule has 45 heavy (non-hydrogen) atoms. The Hall–Kier alpha value is -5.68. The predicted octanol–water partition coefficient (Wildman–Crippen LogP) is 1.65. The lowest BCUT2D eigenvalue weighted by molar-refractivity contribution is -0.121. The second kappa shape index (κ2) is 14.2. The molecule has 0 radical (unpaired) electrons. The minimum atomic E-state index is -1.24. The molecule has 0 saturated heterocycles. The molecule has 3 rings (SSSR count). The fourth-order valence-electron chi connectivity index (χ4n) is 3.84. The zero-order chi connectivity index (χ0) is 33.5. The van der Waals surface area contributed by atoms with Crippen LogP contribution in [0.3, 0.4) is 0 Å². The van der Waals surface area contributed by atoms with Crippen molar-refractivity contribution in [2.75, 3.05) is 27.8 Å². The molecule has 3 aromatic rings. The highest BCUT2D eigenvalue weighted by Gasteiger charge is 2.19. The van der Waals surface area contributed by atoms with Gasteiger partial charge in [0.05, 0.1) is 5.69 Å². The number of anilines is 4. The van der Waals surface area contributed by atoms with Crippen molar-refractivity contribution in [1.29, 1.82) is 0 Å². The van der Waals surface area contributed by atoms with Gasteiger partial charge in [0.15, 0.2) is 11.6 Å². The van der Waals surface area contributed by atoms with Crippen LogP contribution in [0.5, 0.6) is 0 Å². The van der Waals surface area contributed by atoms with Crippen molar-refractivity contribution in [2.24, 2.45) is 21.1 Å². The van der Waals surface area contributed by atoms with Crippen LogP contribution < -0.4 is 26.6 Å². The van der Waals surface area contributed by atoms with Gasteiger partial charge in [0, 0.05) is 71.6 Å². The number of alkyl carbamates (subject to hydrolysis) is 1. The van der Waals surface area contributed by atoms with Gasteiger partial charge >= 0.3 is 12.1 Å². The predicted molar refractivity (Wildman–Crippen MR) is 161 cm³/mol. The smallest absolute Gasteiger partial charge is 0.407 e. The van der Waals surface area contributed by atoms with Crippen molar-refractivity contribution >= 4 is 58.8 Å². The van der Waals surface area contributed by atoms with Gasteiger partial charge in [-0.2, -0.15) is 0 Å². The number of carbonyl (C=O) groups is 6. The Bertz CT molecular complexity index is 1610. The van der Waals surface area contributed by atoms with Crippen molar-refractivity contribution in [3.05, 3.63) is 36.3 Å². The van der Waals surface area contributed by atoms with Crippen molar-refractivity contribution in [3.8, 4) is 0 Å². The maximum Gasteiger partial charge on any atom is 0.407 e. The van der Waals surface area contributed by atoms with Crippen molar-refractivity contribution in [1.82, 2.24) is 29.0 Å². The molecule has 3 heterocycles. The summed E-state index contributed by atoms with van der Waals surface area (Å²) >= 11 is 0. The van der Waals surface area contributed by atoms with Crippen LogP contribution in [0.1, 0.15) is 61.3 Å². The summed E-state index contributed by atoms with van der Waals surface area (Å²) in [4.78, 5) is 80.5. The fourth-order valence-corrected chi connectivity index (χ4v) is 3.84. The van der Waals surface area contributed by atoms with Gasteiger partial charge in [-0.1, -0.05) is 0 Å². The number of hydrogen-bond acceptors (Lipinski definition) is 9. The van der Waals surface area contributed by atoms with E-state index < -0.39 is 41.3 Å². The Morgan fingerprint density at radius 1 is 0.756 bits per heavy atom. The van der Waals surface area contributed by atoms with E-state index in [4.69, 9.17) is 9.84 Å². The second-order valence-corrected chi connectivity index (χ2v) is 10.9. The Labute approximate surface area is 257 Å². The molecule has 6 N–H and O–H groups in total. The van der Waals surface area contributed by atoms with E-state index in [-0.39, 0.29) is 49.1 Å². The zero-order valence-electron chi connectivity index (χ0n) is 25.7. The van der Waals surface area contributed by atoms with Crippen LogP contribution >= 0.6 is 0 Å². The summed E-state index contributed by atoms with van der Waals surface area (Å²) in [6, 6.07) is 1.51. The highest BCUT2D eigenvalue weighted by Crippen LogP contribution is 2.19. The maximum atomic E-state index is 12.9. The number of nitrogens with one attached hydrogen (secondary N) is 5. The molecule has 0 aliphatic heterocycles. The first-order valence-corrected chi connectivity index (χ1v) is 13.6. The van der Waals surface area contributed by atoms with E-state index in [0.717, 1.165) is 0 Å². The van der Waals surface area contributed by atoms with Crippen molar-refractivity contribution < 1.29 is 38.6 Å². The molecule has 242 valence electrons. The number of hydrogen-bond donors (Lipinski definition) is 6. The van der Waals surface area contributed by atoms with Gasteiger partial charge in [-0.25, -0.2) is 19.6 Å². The summed E-state index contributed by atoms with van der Waals surface area (Å²) in [6.45, 7) is 5.22. The Morgan fingerprint density at radius 2 is 1.29 bits per heavy atom. The molecule has 0 aliphatic rings. The summed E-state index contributed by atoms with van der Waals surface area (Å²) in [7, 11) is 4.69. The topological polar surface area (TPSA) is 233 Å². The first-order chi connectivity index (χ1) is 21.0. The van der Waals surface area contributed by atoms with Crippen LogP contribution in [0.4, 0.5) is 27.9 Å². The Kier molecular flexibility index (Phi) is 10.7. The number of imidazole rings is 2. The van der Waals surface area contributed by atoms with Gasteiger partial charge in [-0.15, -0.1) is 0 Å². The zero-order valence-corrected chi connectivity index (χ0v) is 25.7. The summed E-state index contributed by atoms with van der Waals surface area (Å²) < 4.78 is 9.34. The Morgan fingerprint density at radius 3 is 1.84 bits per heavy atom. The van der Waals surface area contributed by atoms with E-state index in [1.165, 1.54) is 34.6 Å².